The minimum Gasteiger partial charge on any atom is -0.436 e. The van der Waals surface area contributed by atoms with E-state index in [9.17, 15) is 0 Å². The molecule has 0 bridgehead atoms. The molecule has 0 unspecified atom stereocenters. The molecule has 2 heterocycles. The predicted molar refractivity (Wildman–Crippen MR) is 190 cm³/mol. The van der Waals surface area contributed by atoms with Gasteiger partial charge in [0.25, 0.3) is 0 Å². The highest BCUT2D eigenvalue weighted by Crippen LogP contribution is 2.39. The summed E-state index contributed by atoms with van der Waals surface area (Å²) < 4.78 is 8.38. The normalized spacial score (nSPS) is 11.5. The van der Waals surface area contributed by atoms with Crippen molar-refractivity contribution in [3.8, 4) is 50.5 Å². The Morgan fingerprint density at radius 3 is 1.43 bits per heavy atom. The highest BCUT2D eigenvalue weighted by Gasteiger charge is 2.15. The van der Waals surface area contributed by atoms with Crippen molar-refractivity contribution in [2.45, 2.75) is 0 Å². The van der Waals surface area contributed by atoms with Crippen LogP contribution in [0.3, 0.4) is 0 Å². The van der Waals surface area contributed by atoms with E-state index in [1.165, 1.54) is 49.6 Å². The largest absolute Gasteiger partial charge is 0.436 e. The third-order valence-corrected chi connectivity index (χ3v) is 8.90. The molecule has 9 aromatic rings. The molecule has 7 aromatic carbocycles. The number of aromatic nitrogens is 2. The van der Waals surface area contributed by atoms with Gasteiger partial charge in [-0.25, -0.2) is 4.98 Å². The second-order valence-corrected chi connectivity index (χ2v) is 11.6. The number of rotatable bonds is 5. The Morgan fingerprint density at radius 2 is 0.848 bits per heavy atom. The van der Waals surface area contributed by atoms with Gasteiger partial charge in [0.1, 0.15) is 5.52 Å². The van der Waals surface area contributed by atoms with Crippen molar-refractivity contribution in [2.75, 3.05) is 0 Å². The van der Waals surface area contributed by atoms with E-state index >= 15 is 0 Å². The molecule has 3 nitrogen and oxygen atoms in total. The van der Waals surface area contributed by atoms with Gasteiger partial charge in [0, 0.05) is 22.0 Å². The van der Waals surface area contributed by atoms with E-state index in [1.807, 2.05) is 24.3 Å². The second kappa shape index (κ2) is 10.8. The zero-order valence-corrected chi connectivity index (χ0v) is 25.0. The molecule has 216 valence electrons. The molecule has 0 amide bonds. The van der Waals surface area contributed by atoms with Gasteiger partial charge in [-0.15, -0.1) is 0 Å². The van der Waals surface area contributed by atoms with E-state index in [-0.39, 0.29) is 0 Å². The molecule has 0 aliphatic rings. The van der Waals surface area contributed by atoms with E-state index in [4.69, 9.17) is 4.42 Å². The standard InChI is InChI=1S/C43H28N2O/c1-3-13-35(33(11-1)29-21-23-31(24-22-29)43-44-39-17-7-10-20-42(39)46-43)36-14-4-2-12-34(36)30-25-27-32(28-26-30)45-40-18-8-5-15-37(40)38-16-6-9-19-41(38)45/h1-28H. The highest BCUT2D eigenvalue weighted by molar-refractivity contribution is 6.09. The molecule has 0 fully saturated rings. The summed E-state index contributed by atoms with van der Waals surface area (Å²) in [5, 5.41) is 2.54. The molecule has 0 atom stereocenters. The zero-order chi connectivity index (χ0) is 30.5. The maximum atomic E-state index is 6.02. The van der Waals surface area contributed by atoms with Gasteiger partial charge >= 0.3 is 0 Å². The van der Waals surface area contributed by atoms with Crippen molar-refractivity contribution < 1.29 is 4.42 Å². The van der Waals surface area contributed by atoms with Crippen LogP contribution in [0.2, 0.25) is 0 Å². The van der Waals surface area contributed by atoms with Gasteiger partial charge < -0.3 is 8.98 Å². The number of para-hydroxylation sites is 4. The van der Waals surface area contributed by atoms with Gasteiger partial charge in [-0.1, -0.05) is 121 Å². The average molecular weight is 589 g/mol. The Bertz CT molecular complexity index is 2430. The molecular weight excluding hydrogens is 560 g/mol. The summed E-state index contributed by atoms with van der Waals surface area (Å²) in [5.41, 5.74) is 13.3. The van der Waals surface area contributed by atoms with E-state index < -0.39 is 0 Å². The molecular formula is C43H28N2O. The lowest BCUT2D eigenvalue weighted by molar-refractivity contribution is 0.620. The fraction of sp³-hybridized carbons (Fsp3) is 0. The molecule has 9 rings (SSSR count). The van der Waals surface area contributed by atoms with Crippen LogP contribution >= 0.6 is 0 Å². The Balaban J connectivity index is 1.09. The fourth-order valence-electron chi connectivity index (χ4n) is 6.72. The molecule has 0 radical (unpaired) electrons. The zero-order valence-electron chi connectivity index (χ0n) is 25.0. The lowest BCUT2D eigenvalue weighted by Gasteiger charge is -2.15. The molecule has 0 aliphatic heterocycles. The van der Waals surface area contributed by atoms with E-state index in [1.54, 1.807) is 0 Å². The van der Waals surface area contributed by atoms with Crippen molar-refractivity contribution in [3.05, 3.63) is 170 Å². The first-order valence-electron chi connectivity index (χ1n) is 15.6. The summed E-state index contributed by atoms with van der Waals surface area (Å²) in [5.74, 6) is 0.635. The summed E-state index contributed by atoms with van der Waals surface area (Å²) in [6.07, 6.45) is 0. The lowest BCUT2D eigenvalue weighted by atomic mass is 9.89. The van der Waals surface area contributed by atoms with Crippen molar-refractivity contribution in [1.29, 1.82) is 0 Å². The molecule has 3 heteroatoms. The number of fused-ring (bicyclic) bond motifs is 4. The molecule has 46 heavy (non-hydrogen) atoms. The minimum absolute atomic E-state index is 0.635. The van der Waals surface area contributed by atoms with E-state index in [0.717, 1.165) is 27.9 Å². The van der Waals surface area contributed by atoms with Gasteiger partial charge in [-0.2, -0.15) is 0 Å². The molecule has 0 saturated heterocycles. The lowest BCUT2D eigenvalue weighted by Crippen LogP contribution is -1.94. The Hall–Kier alpha value is -6.19. The monoisotopic (exact) mass is 588 g/mol. The highest BCUT2D eigenvalue weighted by atomic mass is 16.3. The number of nitrogens with zero attached hydrogens (tertiary/aromatic N) is 2. The third kappa shape index (κ3) is 4.33. The second-order valence-electron chi connectivity index (χ2n) is 11.6. The number of oxazole rings is 1. The van der Waals surface area contributed by atoms with Gasteiger partial charge in [-0.3, -0.25) is 0 Å². The van der Waals surface area contributed by atoms with Crippen LogP contribution in [0.4, 0.5) is 0 Å². The first kappa shape index (κ1) is 26.2. The molecule has 0 spiro atoms. The van der Waals surface area contributed by atoms with Crippen LogP contribution in [0.5, 0.6) is 0 Å². The first-order valence-corrected chi connectivity index (χ1v) is 15.6. The van der Waals surface area contributed by atoms with Gasteiger partial charge in [0.05, 0.1) is 11.0 Å². The number of benzene rings is 7. The van der Waals surface area contributed by atoms with Crippen LogP contribution in [-0.2, 0) is 0 Å². The Labute approximate surface area is 266 Å². The summed E-state index contributed by atoms with van der Waals surface area (Å²) >= 11 is 0. The summed E-state index contributed by atoms with van der Waals surface area (Å²) in [4.78, 5) is 4.68. The van der Waals surface area contributed by atoms with Crippen LogP contribution in [0.15, 0.2) is 174 Å². The smallest absolute Gasteiger partial charge is 0.227 e. The third-order valence-electron chi connectivity index (χ3n) is 8.90. The Morgan fingerprint density at radius 1 is 0.391 bits per heavy atom. The maximum absolute atomic E-state index is 6.02. The minimum atomic E-state index is 0.635. The Kier molecular flexibility index (Phi) is 6.14. The van der Waals surface area contributed by atoms with Crippen molar-refractivity contribution >= 4 is 32.9 Å². The van der Waals surface area contributed by atoms with E-state index in [0.29, 0.717) is 5.89 Å². The van der Waals surface area contributed by atoms with E-state index in [2.05, 4.69) is 155 Å². The number of hydrogen-bond donors (Lipinski definition) is 0. The van der Waals surface area contributed by atoms with Gasteiger partial charge in [0.2, 0.25) is 5.89 Å². The molecule has 0 aliphatic carbocycles. The number of hydrogen-bond acceptors (Lipinski definition) is 2. The molecule has 0 saturated carbocycles. The fourth-order valence-corrected chi connectivity index (χ4v) is 6.72. The van der Waals surface area contributed by atoms with Gasteiger partial charge in [-0.05, 0) is 81.9 Å². The van der Waals surface area contributed by atoms with Gasteiger partial charge in [0.15, 0.2) is 5.58 Å². The van der Waals surface area contributed by atoms with Crippen molar-refractivity contribution in [2.24, 2.45) is 0 Å². The SMILES string of the molecule is c1ccc(-c2ccccc2-c2ccc(-n3c4ccccc4c4ccccc43)cc2)c(-c2ccc(-c3nc4ccccc4o3)cc2)c1. The van der Waals surface area contributed by atoms with Crippen LogP contribution in [-0.4, -0.2) is 9.55 Å². The topological polar surface area (TPSA) is 31.0 Å². The van der Waals surface area contributed by atoms with Crippen LogP contribution in [0.25, 0.3) is 83.4 Å². The van der Waals surface area contributed by atoms with Crippen LogP contribution in [0, 0.1) is 0 Å². The summed E-state index contributed by atoms with van der Waals surface area (Å²) in [6.45, 7) is 0. The van der Waals surface area contributed by atoms with Crippen LogP contribution in [0.1, 0.15) is 0 Å². The predicted octanol–water partition coefficient (Wildman–Crippen LogP) is 11.6. The molecule has 0 N–H and O–H groups in total. The van der Waals surface area contributed by atoms with Crippen molar-refractivity contribution in [1.82, 2.24) is 9.55 Å². The quantitative estimate of drug-likeness (QED) is 0.200. The maximum Gasteiger partial charge on any atom is 0.227 e. The van der Waals surface area contributed by atoms with Crippen molar-refractivity contribution in [3.63, 3.8) is 0 Å². The average Bonchev–Trinajstić information content (AvgIpc) is 3.72. The first-order chi connectivity index (χ1) is 22.8. The summed E-state index contributed by atoms with van der Waals surface area (Å²) in [6, 6.07) is 60.0. The summed E-state index contributed by atoms with van der Waals surface area (Å²) in [7, 11) is 0. The van der Waals surface area contributed by atoms with Crippen LogP contribution < -0.4 is 0 Å². The molecule has 2 aromatic heterocycles.